The second-order valence-electron chi connectivity index (χ2n) is 4.26. The summed E-state index contributed by atoms with van der Waals surface area (Å²) in [4.78, 5) is 12.5. The van der Waals surface area contributed by atoms with E-state index in [1.54, 1.807) is 13.0 Å². The van der Waals surface area contributed by atoms with Crippen molar-refractivity contribution in [2.75, 3.05) is 31.2 Å². The summed E-state index contributed by atoms with van der Waals surface area (Å²) < 4.78 is 5.83. The van der Waals surface area contributed by atoms with Crippen LogP contribution in [0.5, 0.6) is 0 Å². The van der Waals surface area contributed by atoms with Crippen LogP contribution in [0, 0.1) is 29.2 Å². The van der Waals surface area contributed by atoms with Crippen molar-refractivity contribution in [3.8, 4) is 0 Å². The molecule has 1 aliphatic rings. The van der Waals surface area contributed by atoms with Crippen LogP contribution in [0.3, 0.4) is 0 Å². The highest BCUT2D eigenvalue weighted by Gasteiger charge is 2.30. The van der Waals surface area contributed by atoms with Crippen molar-refractivity contribution < 1.29 is 14.4 Å². The van der Waals surface area contributed by atoms with Crippen LogP contribution in [-0.4, -0.2) is 31.2 Å². The summed E-state index contributed by atoms with van der Waals surface area (Å²) in [6, 6.07) is 1.57. The van der Waals surface area contributed by atoms with Crippen molar-refractivity contribution in [1.82, 2.24) is 0 Å². The van der Waals surface area contributed by atoms with Crippen molar-refractivity contribution in [3.05, 3.63) is 32.8 Å². The van der Waals surface area contributed by atoms with Crippen molar-refractivity contribution in [1.29, 1.82) is 0 Å². The van der Waals surface area contributed by atoms with Gasteiger partial charge in [0.15, 0.2) is 5.69 Å². The van der Waals surface area contributed by atoms with Gasteiger partial charge in [-0.1, -0.05) is 0 Å². The molecular weight excluding hydrogens is 274 g/mol. The summed E-state index contributed by atoms with van der Waals surface area (Å²) in [5.41, 5.74) is 0.976. The molecule has 19 heavy (non-hydrogen) atoms. The Morgan fingerprint density at radius 1 is 1.37 bits per heavy atom. The minimum Gasteiger partial charge on any atom is -0.618 e. The van der Waals surface area contributed by atoms with Crippen LogP contribution in [0.15, 0.2) is 6.07 Å². The normalized spacial score (nSPS) is 14.9. The Hall–Kier alpha value is -1.60. The third-order valence-corrected chi connectivity index (χ3v) is 3.09. The number of hydrogen-bond donors (Lipinski definition) is 0. The predicted molar refractivity (Wildman–Crippen MR) is 71.8 cm³/mol. The SMILES string of the molecule is Cc1cc(N2CCOCC2)c([N+](=O)[O-])c(C)[n+]1[O-].Cl. The van der Waals surface area contributed by atoms with E-state index >= 15 is 0 Å². The first-order valence-electron chi connectivity index (χ1n) is 5.73. The van der Waals surface area contributed by atoms with Gasteiger partial charge < -0.3 is 14.8 Å². The molecule has 0 radical (unpaired) electrons. The van der Waals surface area contributed by atoms with Crippen molar-refractivity contribution >= 4 is 23.8 Å². The number of nitrogens with zero attached hydrogens (tertiary/aromatic N) is 3. The van der Waals surface area contributed by atoms with Crippen molar-refractivity contribution in [3.63, 3.8) is 0 Å². The third-order valence-electron chi connectivity index (χ3n) is 3.09. The molecule has 0 atom stereocenters. The lowest BCUT2D eigenvalue weighted by Gasteiger charge is -2.28. The van der Waals surface area contributed by atoms with E-state index in [9.17, 15) is 15.3 Å². The Morgan fingerprint density at radius 3 is 2.47 bits per heavy atom. The van der Waals surface area contributed by atoms with Crippen LogP contribution < -0.4 is 9.63 Å². The fourth-order valence-corrected chi connectivity index (χ4v) is 2.14. The molecular formula is C11H16ClN3O4. The lowest BCUT2D eigenvalue weighted by Crippen LogP contribution is -2.40. The van der Waals surface area contributed by atoms with Gasteiger partial charge in [-0.3, -0.25) is 10.1 Å². The molecule has 0 aromatic carbocycles. The fourth-order valence-electron chi connectivity index (χ4n) is 2.14. The number of halogens is 1. The molecule has 0 N–H and O–H groups in total. The quantitative estimate of drug-likeness (QED) is 0.352. The van der Waals surface area contributed by atoms with E-state index < -0.39 is 4.92 Å². The van der Waals surface area contributed by atoms with Crippen molar-refractivity contribution in [2.45, 2.75) is 13.8 Å². The number of ether oxygens (including phenoxy) is 1. The summed E-state index contributed by atoms with van der Waals surface area (Å²) in [5.74, 6) is 0. The van der Waals surface area contributed by atoms with Gasteiger partial charge in [0.1, 0.15) is 5.69 Å². The highest BCUT2D eigenvalue weighted by Crippen LogP contribution is 2.30. The van der Waals surface area contributed by atoms with Crippen LogP contribution in [-0.2, 0) is 4.74 Å². The number of aryl methyl sites for hydroxylation is 1. The van der Waals surface area contributed by atoms with Crippen LogP contribution in [0.2, 0.25) is 0 Å². The summed E-state index contributed by atoms with van der Waals surface area (Å²) in [7, 11) is 0. The molecule has 0 spiro atoms. The van der Waals surface area contributed by atoms with E-state index in [4.69, 9.17) is 4.74 Å². The highest BCUT2D eigenvalue weighted by atomic mass is 35.5. The van der Waals surface area contributed by atoms with Gasteiger partial charge in [-0.2, -0.15) is 4.73 Å². The molecule has 0 bridgehead atoms. The molecule has 0 amide bonds. The van der Waals surface area contributed by atoms with Crippen LogP contribution in [0.25, 0.3) is 0 Å². The Bertz CT molecular complexity index is 489. The maximum atomic E-state index is 11.7. The molecule has 1 aliphatic heterocycles. The number of anilines is 1. The molecule has 2 heterocycles. The smallest absolute Gasteiger partial charge is 0.359 e. The molecule has 1 saturated heterocycles. The predicted octanol–water partition coefficient (Wildman–Crippen LogP) is 1.10. The summed E-state index contributed by atoms with van der Waals surface area (Å²) in [6.07, 6.45) is 0. The molecule has 8 heteroatoms. The second-order valence-corrected chi connectivity index (χ2v) is 4.26. The molecule has 2 rings (SSSR count). The Labute approximate surface area is 116 Å². The molecule has 0 aliphatic carbocycles. The van der Waals surface area contributed by atoms with Gasteiger partial charge >= 0.3 is 5.69 Å². The van der Waals surface area contributed by atoms with Gasteiger partial charge in [0.25, 0.3) is 5.69 Å². The molecule has 1 fully saturated rings. The minimum absolute atomic E-state index is 0. The maximum Gasteiger partial charge on any atom is 0.359 e. The summed E-state index contributed by atoms with van der Waals surface area (Å²) >= 11 is 0. The number of nitro groups is 1. The first kappa shape index (κ1) is 15.5. The zero-order valence-electron chi connectivity index (χ0n) is 10.8. The van der Waals surface area contributed by atoms with Crippen LogP contribution in [0.1, 0.15) is 11.4 Å². The van der Waals surface area contributed by atoms with Crippen LogP contribution >= 0.6 is 12.4 Å². The summed E-state index contributed by atoms with van der Waals surface area (Å²) in [6.45, 7) is 5.41. The van der Waals surface area contributed by atoms with Gasteiger partial charge in [0.2, 0.25) is 0 Å². The summed E-state index contributed by atoms with van der Waals surface area (Å²) in [5, 5.41) is 22.8. The largest absolute Gasteiger partial charge is 0.618 e. The Morgan fingerprint density at radius 2 is 1.95 bits per heavy atom. The molecule has 1 aromatic rings. The Kier molecular flexibility index (Phi) is 4.90. The average molecular weight is 290 g/mol. The lowest BCUT2D eigenvalue weighted by molar-refractivity contribution is -0.623. The van der Waals surface area contributed by atoms with Crippen LogP contribution in [0.4, 0.5) is 11.4 Å². The zero-order chi connectivity index (χ0) is 13.3. The van der Waals surface area contributed by atoms with Gasteiger partial charge in [-0.25, -0.2) is 0 Å². The molecule has 106 valence electrons. The van der Waals surface area contributed by atoms with E-state index in [-0.39, 0.29) is 23.8 Å². The zero-order valence-corrected chi connectivity index (χ0v) is 11.6. The van der Waals surface area contributed by atoms with Crippen molar-refractivity contribution in [2.24, 2.45) is 0 Å². The van der Waals surface area contributed by atoms with Gasteiger partial charge in [-0.05, 0) is 0 Å². The van der Waals surface area contributed by atoms with E-state index in [0.717, 1.165) is 0 Å². The van der Waals surface area contributed by atoms with E-state index in [0.29, 0.717) is 42.4 Å². The second kappa shape index (κ2) is 6.03. The first-order chi connectivity index (χ1) is 8.52. The maximum absolute atomic E-state index is 11.7. The van der Waals surface area contributed by atoms with E-state index in [2.05, 4.69) is 0 Å². The number of rotatable bonds is 2. The van der Waals surface area contributed by atoms with Gasteiger partial charge in [0.05, 0.1) is 18.1 Å². The average Bonchev–Trinajstić information content (AvgIpc) is 2.36. The lowest BCUT2D eigenvalue weighted by atomic mass is 10.2. The minimum atomic E-state index is -0.492. The van der Waals surface area contributed by atoms with E-state index in [1.807, 2.05) is 4.90 Å². The topological polar surface area (TPSA) is 82.5 Å². The first-order valence-corrected chi connectivity index (χ1v) is 5.73. The third kappa shape index (κ3) is 2.87. The monoisotopic (exact) mass is 289 g/mol. The number of morpholine rings is 1. The fraction of sp³-hybridized carbons (Fsp3) is 0.545. The standard InChI is InChI=1S/C11H15N3O4.ClH/c1-8-7-10(12-3-5-18-6-4-12)11(14(16)17)9(2)13(8)15;/h7H,3-6H2,1-2H3;1H. The number of pyridine rings is 1. The molecule has 7 nitrogen and oxygen atoms in total. The number of aromatic nitrogens is 1. The molecule has 1 aromatic heterocycles. The van der Waals surface area contributed by atoms with Gasteiger partial charge in [0, 0.05) is 33.0 Å². The highest BCUT2D eigenvalue weighted by molar-refractivity contribution is 5.85. The molecule has 0 saturated carbocycles. The van der Waals surface area contributed by atoms with E-state index in [1.165, 1.54) is 6.92 Å². The molecule has 0 unspecified atom stereocenters. The number of hydrogen-bond acceptors (Lipinski definition) is 5. The Balaban J connectivity index is 0.00000180. The van der Waals surface area contributed by atoms with Gasteiger partial charge in [-0.15, -0.1) is 12.4 Å².